The molecule has 1 nitrogen and oxygen atoms in total. The summed E-state index contributed by atoms with van der Waals surface area (Å²) in [4.78, 5) is 0. The SMILES string of the molecule is CCNCc1ccc(Cl)cc1-c1cccc(F)c1F. The molecule has 0 unspecified atom stereocenters. The largest absolute Gasteiger partial charge is 0.313 e. The molecule has 0 aliphatic rings. The van der Waals surface area contributed by atoms with Gasteiger partial charge in [-0.05, 0) is 35.9 Å². The molecule has 0 fully saturated rings. The predicted octanol–water partition coefficient (Wildman–Crippen LogP) is 4.39. The molecule has 2 aromatic rings. The molecule has 0 aromatic heterocycles. The lowest BCUT2D eigenvalue weighted by Gasteiger charge is -2.12. The Morgan fingerprint density at radius 1 is 1.11 bits per heavy atom. The molecule has 2 aromatic carbocycles. The monoisotopic (exact) mass is 281 g/mol. The quantitative estimate of drug-likeness (QED) is 0.876. The van der Waals surface area contributed by atoms with Crippen LogP contribution in [0.25, 0.3) is 11.1 Å². The van der Waals surface area contributed by atoms with Gasteiger partial charge in [0.1, 0.15) is 0 Å². The van der Waals surface area contributed by atoms with Gasteiger partial charge in [0.15, 0.2) is 11.6 Å². The van der Waals surface area contributed by atoms with Crippen LogP contribution in [-0.2, 0) is 6.54 Å². The van der Waals surface area contributed by atoms with E-state index in [9.17, 15) is 8.78 Å². The van der Waals surface area contributed by atoms with Crippen molar-refractivity contribution in [3.8, 4) is 11.1 Å². The zero-order valence-electron chi connectivity index (χ0n) is 10.5. The molecule has 1 N–H and O–H groups in total. The van der Waals surface area contributed by atoms with Crippen molar-refractivity contribution in [2.24, 2.45) is 0 Å². The Morgan fingerprint density at radius 2 is 1.89 bits per heavy atom. The van der Waals surface area contributed by atoms with Gasteiger partial charge in [0.25, 0.3) is 0 Å². The van der Waals surface area contributed by atoms with Gasteiger partial charge < -0.3 is 5.32 Å². The molecule has 0 aliphatic heterocycles. The fourth-order valence-corrected chi connectivity index (χ4v) is 2.10. The lowest BCUT2D eigenvalue weighted by Crippen LogP contribution is -2.12. The van der Waals surface area contributed by atoms with Crippen LogP contribution in [0.15, 0.2) is 36.4 Å². The molecule has 0 bridgehead atoms. The van der Waals surface area contributed by atoms with E-state index in [1.165, 1.54) is 6.07 Å². The van der Waals surface area contributed by atoms with E-state index in [0.717, 1.165) is 18.2 Å². The summed E-state index contributed by atoms with van der Waals surface area (Å²) in [7, 11) is 0. The Bertz CT molecular complexity index is 584. The lowest BCUT2D eigenvalue weighted by molar-refractivity contribution is 0.511. The van der Waals surface area contributed by atoms with Crippen LogP contribution < -0.4 is 5.32 Å². The Kier molecular flexibility index (Phi) is 4.51. The lowest BCUT2D eigenvalue weighted by atomic mass is 9.99. The van der Waals surface area contributed by atoms with Crippen molar-refractivity contribution in [3.63, 3.8) is 0 Å². The van der Waals surface area contributed by atoms with Crippen molar-refractivity contribution < 1.29 is 8.78 Å². The molecule has 2 rings (SSSR count). The highest BCUT2D eigenvalue weighted by Crippen LogP contribution is 2.30. The van der Waals surface area contributed by atoms with E-state index in [0.29, 0.717) is 17.1 Å². The number of nitrogens with one attached hydrogen (secondary N) is 1. The maximum absolute atomic E-state index is 13.9. The van der Waals surface area contributed by atoms with Gasteiger partial charge in [-0.25, -0.2) is 8.78 Å². The Morgan fingerprint density at radius 3 is 2.63 bits per heavy atom. The van der Waals surface area contributed by atoms with E-state index in [2.05, 4.69) is 5.32 Å². The third-order valence-electron chi connectivity index (χ3n) is 2.88. The Hall–Kier alpha value is -1.45. The first-order chi connectivity index (χ1) is 9.13. The van der Waals surface area contributed by atoms with E-state index in [-0.39, 0.29) is 5.56 Å². The number of hydrogen-bond donors (Lipinski definition) is 1. The summed E-state index contributed by atoms with van der Waals surface area (Å²) in [5.41, 5.74) is 1.73. The van der Waals surface area contributed by atoms with Gasteiger partial charge in [-0.1, -0.05) is 36.7 Å². The second-order valence-electron chi connectivity index (χ2n) is 4.18. The van der Waals surface area contributed by atoms with Crippen molar-refractivity contribution in [1.82, 2.24) is 5.32 Å². The summed E-state index contributed by atoms with van der Waals surface area (Å²) >= 11 is 5.96. The van der Waals surface area contributed by atoms with E-state index in [1.807, 2.05) is 13.0 Å². The molecule has 0 heterocycles. The molecule has 0 atom stereocenters. The summed E-state index contributed by atoms with van der Waals surface area (Å²) in [5.74, 6) is -1.70. The minimum absolute atomic E-state index is 0.232. The predicted molar refractivity (Wildman–Crippen MR) is 74.2 cm³/mol. The van der Waals surface area contributed by atoms with Crippen molar-refractivity contribution in [2.75, 3.05) is 6.54 Å². The molecule has 100 valence electrons. The summed E-state index contributed by atoms with van der Waals surface area (Å²) < 4.78 is 27.2. The normalized spacial score (nSPS) is 10.7. The number of rotatable bonds is 4. The molecule has 4 heteroatoms. The summed E-state index contributed by atoms with van der Waals surface area (Å²) in [5, 5.41) is 3.67. The zero-order chi connectivity index (χ0) is 13.8. The van der Waals surface area contributed by atoms with Gasteiger partial charge in [0, 0.05) is 17.1 Å². The summed E-state index contributed by atoms with van der Waals surface area (Å²) in [6.45, 7) is 3.37. The molecule has 0 saturated carbocycles. The average Bonchev–Trinajstić information content (AvgIpc) is 2.40. The molecule has 0 amide bonds. The molecule has 0 radical (unpaired) electrons. The molecular formula is C15H14ClF2N. The molecule has 0 spiro atoms. The smallest absolute Gasteiger partial charge is 0.166 e. The van der Waals surface area contributed by atoms with Crippen LogP contribution in [0.3, 0.4) is 0 Å². The van der Waals surface area contributed by atoms with Gasteiger partial charge in [0.2, 0.25) is 0 Å². The fraction of sp³-hybridized carbons (Fsp3) is 0.200. The van der Waals surface area contributed by atoms with Crippen molar-refractivity contribution in [3.05, 3.63) is 58.6 Å². The molecule has 0 saturated heterocycles. The van der Waals surface area contributed by atoms with Gasteiger partial charge in [-0.2, -0.15) is 0 Å². The number of benzene rings is 2. The highest BCUT2D eigenvalue weighted by molar-refractivity contribution is 6.30. The van der Waals surface area contributed by atoms with Crippen molar-refractivity contribution in [1.29, 1.82) is 0 Å². The van der Waals surface area contributed by atoms with Gasteiger partial charge in [-0.15, -0.1) is 0 Å². The second kappa shape index (κ2) is 6.13. The van der Waals surface area contributed by atoms with Crippen LogP contribution in [0, 0.1) is 11.6 Å². The van der Waals surface area contributed by atoms with Crippen LogP contribution >= 0.6 is 11.6 Å². The fourth-order valence-electron chi connectivity index (χ4n) is 1.93. The Labute approximate surface area is 116 Å². The van der Waals surface area contributed by atoms with Gasteiger partial charge in [-0.3, -0.25) is 0 Å². The van der Waals surface area contributed by atoms with Crippen LogP contribution in [0.2, 0.25) is 5.02 Å². The molecule has 0 aliphatic carbocycles. The summed E-state index contributed by atoms with van der Waals surface area (Å²) in [6, 6.07) is 9.38. The standard InChI is InChI=1S/C15H14ClF2N/c1-2-19-9-10-6-7-11(16)8-13(10)12-4-3-5-14(17)15(12)18/h3-8,19H,2,9H2,1H3. The van der Waals surface area contributed by atoms with E-state index in [1.54, 1.807) is 18.2 Å². The van der Waals surface area contributed by atoms with E-state index >= 15 is 0 Å². The maximum Gasteiger partial charge on any atom is 0.166 e. The minimum Gasteiger partial charge on any atom is -0.313 e. The van der Waals surface area contributed by atoms with Crippen molar-refractivity contribution >= 4 is 11.6 Å². The summed E-state index contributed by atoms with van der Waals surface area (Å²) in [6.07, 6.45) is 0. The van der Waals surface area contributed by atoms with Gasteiger partial charge in [0.05, 0.1) is 0 Å². The van der Waals surface area contributed by atoms with Crippen molar-refractivity contribution in [2.45, 2.75) is 13.5 Å². The molecule has 19 heavy (non-hydrogen) atoms. The first-order valence-electron chi connectivity index (χ1n) is 6.07. The van der Waals surface area contributed by atoms with Gasteiger partial charge >= 0.3 is 0 Å². The first kappa shape index (κ1) is 14.0. The van der Waals surface area contributed by atoms with Crippen LogP contribution in [0.1, 0.15) is 12.5 Å². The first-order valence-corrected chi connectivity index (χ1v) is 6.44. The Balaban J connectivity index is 2.53. The third-order valence-corrected chi connectivity index (χ3v) is 3.11. The highest BCUT2D eigenvalue weighted by Gasteiger charge is 2.13. The third kappa shape index (κ3) is 3.11. The van der Waals surface area contributed by atoms with Crippen LogP contribution in [0.4, 0.5) is 8.78 Å². The average molecular weight is 282 g/mol. The maximum atomic E-state index is 13.9. The number of hydrogen-bond acceptors (Lipinski definition) is 1. The second-order valence-corrected chi connectivity index (χ2v) is 4.62. The van der Waals surface area contributed by atoms with E-state index in [4.69, 9.17) is 11.6 Å². The highest BCUT2D eigenvalue weighted by atomic mass is 35.5. The van der Waals surface area contributed by atoms with Crippen LogP contribution in [-0.4, -0.2) is 6.54 Å². The minimum atomic E-state index is -0.855. The van der Waals surface area contributed by atoms with Crippen LogP contribution in [0.5, 0.6) is 0 Å². The zero-order valence-corrected chi connectivity index (χ0v) is 11.3. The van der Waals surface area contributed by atoms with E-state index < -0.39 is 11.6 Å². The number of halogens is 3. The molecular weight excluding hydrogens is 268 g/mol. The topological polar surface area (TPSA) is 12.0 Å².